The lowest BCUT2D eigenvalue weighted by molar-refractivity contribution is -0.232. The number of urea groups is 1. The number of hydrogen-bond acceptors (Lipinski definition) is 3. The van der Waals surface area contributed by atoms with Crippen molar-refractivity contribution >= 4 is 11.7 Å². The van der Waals surface area contributed by atoms with E-state index in [0.29, 0.717) is 31.7 Å². The number of amides is 2. The van der Waals surface area contributed by atoms with Crippen LogP contribution in [0.5, 0.6) is 0 Å². The minimum atomic E-state index is -4.25. The monoisotopic (exact) mass is 343 g/mol. The number of pyridine rings is 1. The molecule has 1 aromatic rings. The number of likely N-dealkylation sites (tertiary alicyclic amines) is 1. The van der Waals surface area contributed by atoms with Crippen LogP contribution in [0.3, 0.4) is 0 Å². The standard InChI is InChI=1S/C16H20F3N3O2/c17-16(18,19)13-3-7-22(11-15(13)4-8-24-9-5-15)14(23)21-12-2-1-6-20-10-12/h1-2,6,10,13H,3-5,7-9,11H2,(H,21,23)/t13-/m1/s1. The van der Waals surface area contributed by atoms with Crippen molar-refractivity contribution in [3.8, 4) is 0 Å². The average Bonchev–Trinajstić information content (AvgIpc) is 2.55. The smallest absolute Gasteiger partial charge is 0.381 e. The number of piperidine rings is 1. The molecule has 24 heavy (non-hydrogen) atoms. The fraction of sp³-hybridized carbons (Fsp3) is 0.625. The second-order valence-electron chi connectivity index (χ2n) is 6.45. The molecule has 0 aliphatic carbocycles. The SMILES string of the molecule is O=C(Nc1cccnc1)N1CC[C@@H](C(F)(F)F)C2(CCOCC2)C1. The number of anilines is 1. The van der Waals surface area contributed by atoms with Crippen LogP contribution in [0.1, 0.15) is 19.3 Å². The summed E-state index contributed by atoms with van der Waals surface area (Å²) in [5.41, 5.74) is -0.414. The quantitative estimate of drug-likeness (QED) is 0.851. The second-order valence-corrected chi connectivity index (χ2v) is 6.45. The summed E-state index contributed by atoms with van der Waals surface area (Å²) in [5.74, 6) is -1.38. The van der Waals surface area contributed by atoms with E-state index >= 15 is 0 Å². The van der Waals surface area contributed by atoms with Crippen LogP contribution in [0.2, 0.25) is 0 Å². The molecule has 5 nitrogen and oxygen atoms in total. The van der Waals surface area contributed by atoms with Crippen LogP contribution < -0.4 is 5.32 Å². The number of carbonyl (C=O) groups is 1. The molecule has 8 heteroatoms. The first-order valence-electron chi connectivity index (χ1n) is 8.01. The van der Waals surface area contributed by atoms with Crippen molar-refractivity contribution in [1.82, 2.24) is 9.88 Å². The van der Waals surface area contributed by atoms with E-state index in [1.165, 1.54) is 11.1 Å². The van der Waals surface area contributed by atoms with E-state index in [4.69, 9.17) is 4.74 Å². The summed E-state index contributed by atoms with van der Waals surface area (Å²) in [7, 11) is 0. The molecule has 3 heterocycles. The maximum Gasteiger partial charge on any atom is 0.392 e. The third-order valence-corrected chi connectivity index (χ3v) is 5.02. The van der Waals surface area contributed by atoms with E-state index in [1.807, 2.05) is 0 Å². The summed E-state index contributed by atoms with van der Waals surface area (Å²) in [5, 5.41) is 2.70. The van der Waals surface area contributed by atoms with Crippen molar-refractivity contribution in [1.29, 1.82) is 0 Å². The van der Waals surface area contributed by atoms with Gasteiger partial charge in [-0.2, -0.15) is 13.2 Å². The fourth-order valence-corrected chi connectivity index (χ4v) is 3.77. The number of aromatic nitrogens is 1. The number of nitrogens with zero attached hydrogens (tertiary/aromatic N) is 2. The van der Waals surface area contributed by atoms with Gasteiger partial charge in [-0.05, 0) is 31.4 Å². The van der Waals surface area contributed by atoms with Gasteiger partial charge in [0, 0.05) is 37.9 Å². The molecule has 2 fully saturated rings. The Balaban J connectivity index is 1.74. The van der Waals surface area contributed by atoms with Crippen molar-refractivity contribution in [2.45, 2.75) is 25.4 Å². The van der Waals surface area contributed by atoms with Crippen molar-refractivity contribution in [3.05, 3.63) is 24.5 Å². The lowest BCUT2D eigenvalue weighted by Crippen LogP contribution is -2.57. The van der Waals surface area contributed by atoms with Gasteiger partial charge in [-0.15, -0.1) is 0 Å². The maximum atomic E-state index is 13.5. The number of hydrogen-bond donors (Lipinski definition) is 1. The number of carbonyl (C=O) groups excluding carboxylic acids is 1. The van der Waals surface area contributed by atoms with Gasteiger partial charge < -0.3 is 15.0 Å². The molecule has 0 saturated carbocycles. The van der Waals surface area contributed by atoms with Gasteiger partial charge in [-0.25, -0.2) is 4.79 Å². The Morgan fingerprint density at radius 1 is 1.38 bits per heavy atom. The zero-order valence-corrected chi connectivity index (χ0v) is 13.2. The molecule has 2 aliphatic rings. The lowest BCUT2D eigenvalue weighted by atomic mass is 9.66. The minimum Gasteiger partial charge on any atom is -0.381 e. The zero-order chi connectivity index (χ0) is 17.2. The van der Waals surface area contributed by atoms with Crippen molar-refractivity contribution in [2.24, 2.45) is 11.3 Å². The molecule has 1 aromatic heterocycles. The molecule has 2 saturated heterocycles. The first-order chi connectivity index (χ1) is 11.4. The van der Waals surface area contributed by atoms with Crippen molar-refractivity contribution in [2.75, 3.05) is 31.6 Å². The lowest BCUT2D eigenvalue weighted by Gasteiger charge is -2.50. The van der Waals surface area contributed by atoms with Gasteiger partial charge in [0.1, 0.15) is 0 Å². The molecule has 132 valence electrons. The van der Waals surface area contributed by atoms with Gasteiger partial charge in [0.25, 0.3) is 0 Å². The van der Waals surface area contributed by atoms with E-state index in [9.17, 15) is 18.0 Å². The summed E-state index contributed by atoms with van der Waals surface area (Å²) in [6, 6.07) is 3.00. The Hall–Kier alpha value is -1.83. The zero-order valence-electron chi connectivity index (χ0n) is 13.2. The van der Waals surface area contributed by atoms with Crippen LogP contribution in [0.4, 0.5) is 23.7 Å². The number of alkyl halides is 3. The molecule has 2 aliphatic heterocycles. The van der Waals surface area contributed by atoms with E-state index in [1.54, 1.807) is 18.3 Å². The molecule has 1 atom stereocenters. The Labute approximate surface area is 138 Å². The molecule has 0 radical (unpaired) electrons. The Bertz CT molecular complexity index is 574. The normalized spacial score (nSPS) is 24.0. The molecule has 3 rings (SSSR count). The first-order valence-corrected chi connectivity index (χ1v) is 8.01. The highest BCUT2D eigenvalue weighted by molar-refractivity contribution is 5.89. The Morgan fingerprint density at radius 3 is 2.75 bits per heavy atom. The van der Waals surface area contributed by atoms with Gasteiger partial charge >= 0.3 is 12.2 Å². The number of ether oxygens (including phenoxy) is 1. The Morgan fingerprint density at radius 2 is 2.12 bits per heavy atom. The van der Waals surface area contributed by atoms with Gasteiger partial charge in [0.2, 0.25) is 0 Å². The van der Waals surface area contributed by atoms with Crippen LogP contribution in [0.25, 0.3) is 0 Å². The maximum absolute atomic E-state index is 13.5. The topological polar surface area (TPSA) is 54.5 Å². The number of halogens is 3. The van der Waals surface area contributed by atoms with E-state index in [-0.39, 0.29) is 25.5 Å². The predicted molar refractivity (Wildman–Crippen MR) is 81.5 cm³/mol. The van der Waals surface area contributed by atoms with E-state index < -0.39 is 17.5 Å². The summed E-state index contributed by atoms with van der Waals surface area (Å²) in [4.78, 5) is 17.8. The summed E-state index contributed by atoms with van der Waals surface area (Å²) >= 11 is 0. The molecule has 1 spiro atoms. The molecular formula is C16H20F3N3O2. The highest BCUT2D eigenvalue weighted by Crippen LogP contribution is 2.50. The second kappa shape index (κ2) is 6.58. The molecule has 0 unspecified atom stereocenters. The first kappa shape index (κ1) is 17.0. The third kappa shape index (κ3) is 3.48. The number of nitrogens with one attached hydrogen (secondary N) is 1. The van der Waals surface area contributed by atoms with E-state index in [0.717, 1.165) is 0 Å². The van der Waals surface area contributed by atoms with Crippen LogP contribution in [-0.2, 0) is 4.74 Å². The molecular weight excluding hydrogens is 323 g/mol. The van der Waals surface area contributed by atoms with Gasteiger partial charge in [0.05, 0.1) is 17.8 Å². The molecule has 0 bridgehead atoms. The summed E-state index contributed by atoms with van der Waals surface area (Å²) in [6.07, 6.45) is -0.568. The van der Waals surface area contributed by atoms with Crippen LogP contribution in [-0.4, -0.2) is 48.4 Å². The molecule has 0 aromatic carbocycles. The third-order valence-electron chi connectivity index (χ3n) is 5.02. The fourth-order valence-electron chi connectivity index (χ4n) is 3.77. The molecule has 1 N–H and O–H groups in total. The van der Waals surface area contributed by atoms with Gasteiger partial charge in [0.15, 0.2) is 0 Å². The van der Waals surface area contributed by atoms with Gasteiger partial charge in [-0.1, -0.05) is 0 Å². The van der Waals surface area contributed by atoms with Crippen molar-refractivity contribution in [3.63, 3.8) is 0 Å². The Kier molecular flexibility index (Phi) is 4.67. The van der Waals surface area contributed by atoms with Crippen LogP contribution in [0.15, 0.2) is 24.5 Å². The highest BCUT2D eigenvalue weighted by Gasteiger charge is 2.56. The summed E-state index contributed by atoms with van der Waals surface area (Å²) in [6.45, 7) is 0.820. The average molecular weight is 343 g/mol. The van der Waals surface area contributed by atoms with Crippen LogP contribution >= 0.6 is 0 Å². The molecule has 2 amide bonds. The highest BCUT2D eigenvalue weighted by atomic mass is 19.4. The predicted octanol–water partition coefficient (Wildman–Crippen LogP) is 3.29. The van der Waals surface area contributed by atoms with Crippen LogP contribution in [0, 0.1) is 11.3 Å². The number of rotatable bonds is 1. The van der Waals surface area contributed by atoms with Crippen molar-refractivity contribution < 1.29 is 22.7 Å². The summed E-state index contributed by atoms with van der Waals surface area (Å²) < 4.78 is 45.7. The van der Waals surface area contributed by atoms with E-state index in [2.05, 4.69) is 10.3 Å². The largest absolute Gasteiger partial charge is 0.392 e. The van der Waals surface area contributed by atoms with Gasteiger partial charge in [-0.3, -0.25) is 4.98 Å². The minimum absolute atomic E-state index is 0.0655.